The first-order chi connectivity index (χ1) is 16.6. The zero-order chi connectivity index (χ0) is 26.1. The third-order valence-corrected chi connectivity index (χ3v) is 7.29. The van der Waals surface area contributed by atoms with Gasteiger partial charge in [0.05, 0.1) is 47.4 Å². The van der Waals surface area contributed by atoms with Crippen molar-refractivity contribution in [2.45, 2.75) is 10.9 Å². The number of carbonyl (C=O) groups is 1. The van der Waals surface area contributed by atoms with Crippen LogP contribution in [0.4, 0.5) is 29.6 Å². The highest BCUT2D eigenvalue weighted by molar-refractivity contribution is 8.45. The van der Waals surface area contributed by atoms with Crippen LogP contribution in [0.25, 0.3) is 21.8 Å². The second kappa shape index (κ2) is 7.26. The van der Waals surface area contributed by atoms with E-state index in [9.17, 15) is 24.2 Å². The van der Waals surface area contributed by atoms with E-state index in [4.69, 9.17) is 10.5 Å². The predicted molar refractivity (Wildman–Crippen MR) is 123 cm³/mol. The van der Waals surface area contributed by atoms with Gasteiger partial charge in [-0.3, -0.25) is 9.48 Å². The molecule has 36 heavy (non-hydrogen) atoms. The number of nitrogens with zero attached hydrogens (tertiary/aromatic N) is 4. The zero-order valence-electron chi connectivity index (χ0n) is 18.6. The molecule has 7 nitrogen and oxygen atoms in total. The maximum Gasteiger partial charge on any atom is 0.310 e. The smallest absolute Gasteiger partial charge is 0.310 e. The Bertz CT molecular complexity index is 1540. The number of aryl methyl sites for hydroxylation is 1. The number of aromatic nitrogens is 3. The van der Waals surface area contributed by atoms with Crippen molar-refractivity contribution in [2.24, 2.45) is 7.05 Å². The Morgan fingerprint density at radius 2 is 1.81 bits per heavy atom. The van der Waals surface area contributed by atoms with Crippen LogP contribution in [-0.2, 0) is 11.8 Å². The van der Waals surface area contributed by atoms with Crippen LogP contribution in [0.3, 0.4) is 0 Å². The van der Waals surface area contributed by atoms with Crippen molar-refractivity contribution in [3.05, 3.63) is 59.5 Å². The van der Waals surface area contributed by atoms with Gasteiger partial charge in [0.25, 0.3) is 5.91 Å². The first-order valence-corrected chi connectivity index (χ1v) is 12.5. The van der Waals surface area contributed by atoms with E-state index in [1.54, 1.807) is 7.05 Å². The Morgan fingerprint density at radius 3 is 2.47 bits per heavy atom. The maximum absolute atomic E-state index is 15.1. The summed E-state index contributed by atoms with van der Waals surface area (Å²) in [7, 11) is -8.20. The first-order valence-electron chi connectivity index (χ1n) is 10.6. The Balaban J connectivity index is 1.56. The Hall–Kier alpha value is -3.52. The molecule has 1 aliphatic heterocycles. The second-order valence-corrected chi connectivity index (χ2v) is 10.9. The van der Waals surface area contributed by atoms with Gasteiger partial charge in [-0.1, -0.05) is 31.6 Å². The number of nitrogens with two attached hydrogens (primary N) is 1. The van der Waals surface area contributed by atoms with E-state index in [0.717, 1.165) is 18.2 Å². The maximum atomic E-state index is 15.1. The summed E-state index contributed by atoms with van der Waals surface area (Å²) < 4.78 is 87.5. The molecular weight excluding hydrogens is 512 g/mol. The number of benzene rings is 2. The highest BCUT2D eigenvalue weighted by atomic mass is 32.5. The minimum atomic E-state index is -9.85. The number of hydrogen-bond donors (Lipinski definition) is 1. The number of anilines is 1. The van der Waals surface area contributed by atoms with Crippen molar-refractivity contribution in [1.29, 1.82) is 0 Å². The van der Waals surface area contributed by atoms with Crippen LogP contribution in [0.2, 0.25) is 0 Å². The minimum Gasteiger partial charge on any atom is -0.383 e. The standard InChI is InChI=1S/C22H19F6N5O2S/c1-32-20-15-8-14(17(23)9-18(15)31-21(29)16(20)10-30-32)22(34)33-6-7-35-11-19(33)12-2-4-13(5-3-12)36(24,25,26,27)28/h2-5,8-10,19H,6-7,11H2,1H3,(H2,29,31)/t19-/m1/s1. The fraction of sp³-hybridized carbons (Fsp3) is 0.227. The van der Waals surface area contributed by atoms with E-state index in [-0.39, 0.29) is 54.4 Å². The van der Waals surface area contributed by atoms with Crippen molar-refractivity contribution in [1.82, 2.24) is 19.7 Å². The van der Waals surface area contributed by atoms with E-state index in [1.807, 2.05) is 0 Å². The number of amides is 1. The van der Waals surface area contributed by atoms with Crippen LogP contribution >= 0.6 is 10.2 Å². The minimum absolute atomic E-state index is 0.00535. The first kappa shape index (κ1) is 24.2. The molecule has 2 aromatic heterocycles. The van der Waals surface area contributed by atoms with Gasteiger partial charge < -0.3 is 15.4 Å². The van der Waals surface area contributed by atoms with Crippen molar-refractivity contribution < 1.29 is 33.4 Å². The number of pyridine rings is 1. The second-order valence-electron chi connectivity index (χ2n) is 8.50. The van der Waals surface area contributed by atoms with E-state index < -0.39 is 32.9 Å². The Kier molecular flexibility index (Phi) is 4.88. The Morgan fingerprint density at radius 1 is 1.11 bits per heavy atom. The van der Waals surface area contributed by atoms with Crippen LogP contribution < -0.4 is 5.73 Å². The number of ether oxygens (including phenoxy) is 1. The quantitative estimate of drug-likeness (QED) is 0.342. The molecule has 1 amide bonds. The van der Waals surface area contributed by atoms with Gasteiger partial charge in [-0.25, -0.2) is 9.37 Å². The molecule has 0 saturated carbocycles. The summed E-state index contributed by atoms with van der Waals surface area (Å²) in [5, 5.41) is 5.08. The molecule has 3 heterocycles. The van der Waals surface area contributed by atoms with E-state index >= 15 is 4.39 Å². The molecule has 0 unspecified atom stereocenters. The molecule has 192 valence electrons. The number of morpholine rings is 1. The molecule has 0 bridgehead atoms. The third-order valence-electron chi connectivity index (χ3n) is 6.13. The van der Waals surface area contributed by atoms with Crippen LogP contribution in [0.1, 0.15) is 22.0 Å². The van der Waals surface area contributed by atoms with Gasteiger partial charge in [-0.05, 0) is 23.8 Å². The molecule has 1 atom stereocenters. The SMILES string of the molecule is Cn1ncc2c(N)nc3cc(F)c(C(=O)N4CCOC[C@@H]4c4ccc(S(F)(F)(F)(F)F)cc4)cc3c21. The van der Waals surface area contributed by atoms with Gasteiger partial charge in [0.15, 0.2) is 0 Å². The van der Waals surface area contributed by atoms with Crippen LogP contribution in [0.5, 0.6) is 0 Å². The molecule has 0 radical (unpaired) electrons. The molecule has 5 rings (SSSR count). The predicted octanol–water partition coefficient (Wildman–Crippen LogP) is 5.71. The molecule has 1 saturated heterocycles. The number of hydrogen-bond acceptors (Lipinski definition) is 5. The average molecular weight is 531 g/mol. The molecule has 14 heteroatoms. The summed E-state index contributed by atoms with van der Waals surface area (Å²) in [4.78, 5) is 16.9. The summed E-state index contributed by atoms with van der Waals surface area (Å²) in [5.41, 5.74) is 6.53. The van der Waals surface area contributed by atoms with Crippen molar-refractivity contribution in [3.8, 4) is 0 Å². The lowest BCUT2D eigenvalue weighted by molar-refractivity contribution is -0.00294. The van der Waals surface area contributed by atoms with Crippen molar-refractivity contribution in [2.75, 3.05) is 25.5 Å². The van der Waals surface area contributed by atoms with Crippen molar-refractivity contribution in [3.63, 3.8) is 0 Å². The van der Waals surface area contributed by atoms with Gasteiger partial charge in [0, 0.05) is 25.0 Å². The lowest BCUT2D eigenvalue weighted by Gasteiger charge is -2.41. The van der Waals surface area contributed by atoms with E-state index in [1.165, 1.54) is 21.8 Å². The van der Waals surface area contributed by atoms with Crippen LogP contribution in [-0.4, -0.2) is 45.3 Å². The number of rotatable bonds is 3. The number of nitrogen functional groups attached to an aromatic ring is 1. The van der Waals surface area contributed by atoms with Gasteiger partial charge in [-0.15, -0.1) is 0 Å². The number of halogens is 6. The fourth-order valence-corrected chi connectivity index (χ4v) is 5.02. The topological polar surface area (TPSA) is 86.3 Å². The molecule has 2 N–H and O–H groups in total. The van der Waals surface area contributed by atoms with Gasteiger partial charge >= 0.3 is 10.2 Å². The highest BCUT2D eigenvalue weighted by Gasteiger charge is 2.65. The van der Waals surface area contributed by atoms with E-state index in [2.05, 4.69) is 10.1 Å². The molecule has 2 aromatic carbocycles. The van der Waals surface area contributed by atoms with E-state index in [0.29, 0.717) is 16.3 Å². The van der Waals surface area contributed by atoms with Crippen molar-refractivity contribution >= 4 is 43.8 Å². The van der Waals surface area contributed by atoms with Gasteiger partial charge in [0.2, 0.25) is 0 Å². The third kappa shape index (κ3) is 4.09. The zero-order valence-corrected chi connectivity index (χ0v) is 19.4. The van der Waals surface area contributed by atoms with Gasteiger partial charge in [0.1, 0.15) is 16.5 Å². The number of fused-ring (bicyclic) bond motifs is 3. The van der Waals surface area contributed by atoms with Gasteiger partial charge in [-0.2, -0.15) is 5.10 Å². The monoisotopic (exact) mass is 531 g/mol. The lowest BCUT2D eigenvalue weighted by atomic mass is 10.0. The lowest BCUT2D eigenvalue weighted by Crippen LogP contribution is -2.43. The fourth-order valence-electron chi connectivity index (χ4n) is 4.37. The largest absolute Gasteiger partial charge is 0.383 e. The summed E-state index contributed by atoms with van der Waals surface area (Å²) in [6.45, 7) is -0.00277. The molecule has 1 aliphatic rings. The Labute approximate surface area is 200 Å². The molecular formula is C22H19F6N5O2S. The number of carbonyl (C=O) groups excluding carboxylic acids is 1. The summed E-state index contributed by atoms with van der Waals surface area (Å²) in [5.74, 6) is -1.47. The van der Waals surface area contributed by atoms with Crippen LogP contribution in [0.15, 0.2) is 47.5 Å². The molecule has 0 spiro atoms. The molecule has 0 aliphatic carbocycles. The molecule has 4 aromatic rings. The average Bonchev–Trinajstić information content (AvgIpc) is 3.19. The van der Waals surface area contributed by atoms with Crippen LogP contribution in [0, 0.1) is 5.82 Å². The normalized spacial score (nSPS) is 18.9. The summed E-state index contributed by atoms with van der Waals surface area (Å²) >= 11 is 0. The highest BCUT2D eigenvalue weighted by Crippen LogP contribution is 3.02. The summed E-state index contributed by atoms with van der Waals surface area (Å²) in [6.07, 6.45) is 1.50. The summed E-state index contributed by atoms with van der Waals surface area (Å²) in [6, 6.07) is 3.78. The molecule has 1 fully saturated rings.